The highest BCUT2D eigenvalue weighted by Crippen LogP contribution is 2.42. The third kappa shape index (κ3) is 3.56. The van der Waals surface area contributed by atoms with Crippen LogP contribution in [0.15, 0.2) is 18.2 Å². The van der Waals surface area contributed by atoms with Crippen LogP contribution < -0.4 is 10.1 Å². The van der Waals surface area contributed by atoms with Gasteiger partial charge in [-0.25, -0.2) is 0 Å². The van der Waals surface area contributed by atoms with E-state index in [0.29, 0.717) is 12.5 Å². The lowest BCUT2D eigenvalue weighted by atomic mass is 9.98. The van der Waals surface area contributed by atoms with Crippen molar-refractivity contribution in [1.82, 2.24) is 0 Å². The number of rotatable bonds is 7. The summed E-state index contributed by atoms with van der Waals surface area (Å²) in [5, 5.41) is 2.99. The van der Waals surface area contributed by atoms with Crippen LogP contribution in [0.3, 0.4) is 0 Å². The number of hydrogen-bond donors (Lipinski definition) is 1. The molecular formula is C17H25NO3. The summed E-state index contributed by atoms with van der Waals surface area (Å²) in [4.78, 5) is 12.6. The van der Waals surface area contributed by atoms with E-state index in [2.05, 4.69) is 12.2 Å². The quantitative estimate of drug-likeness (QED) is 0.836. The van der Waals surface area contributed by atoms with E-state index in [0.717, 1.165) is 36.3 Å². The second-order valence-corrected chi connectivity index (χ2v) is 5.87. The monoisotopic (exact) mass is 291 g/mol. The van der Waals surface area contributed by atoms with Crippen LogP contribution in [0.25, 0.3) is 0 Å². The average molecular weight is 291 g/mol. The molecule has 1 N–H and O–H groups in total. The van der Waals surface area contributed by atoms with Crippen LogP contribution in [0.2, 0.25) is 0 Å². The number of methoxy groups -OCH3 is 1. The molecule has 4 nitrogen and oxygen atoms in total. The summed E-state index contributed by atoms with van der Waals surface area (Å²) in [7, 11) is 1.64. The normalized spacial score (nSPS) is 17.1. The average Bonchev–Trinajstić information content (AvgIpc) is 3.29. The summed E-state index contributed by atoms with van der Waals surface area (Å²) in [6.45, 7) is 6.54. The summed E-state index contributed by atoms with van der Waals surface area (Å²) in [5.74, 6) is 1.10. The van der Waals surface area contributed by atoms with Crippen molar-refractivity contribution in [3.8, 4) is 5.75 Å². The van der Waals surface area contributed by atoms with Gasteiger partial charge >= 0.3 is 0 Å². The minimum absolute atomic E-state index is 0.0528. The fourth-order valence-electron chi connectivity index (χ4n) is 2.53. The number of aryl methyl sites for hydroxylation is 1. The number of ether oxygens (including phenoxy) is 2. The number of nitrogens with one attached hydrogen (secondary N) is 1. The zero-order valence-corrected chi connectivity index (χ0v) is 13.4. The molecule has 1 atom stereocenters. The van der Waals surface area contributed by atoms with Gasteiger partial charge in [0, 0.05) is 12.3 Å². The molecule has 1 fully saturated rings. The minimum Gasteiger partial charge on any atom is -0.496 e. The van der Waals surface area contributed by atoms with Crippen LogP contribution in [0.5, 0.6) is 5.75 Å². The number of amides is 1. The van der Waals surface area contributed by atoms with Crippen LogP contribution in [0, 0.1) is 12.8 Å². The molecule has 1 saturated carbocycles. The molecule has 1 unspecified atom stereocenters. The Morgan fingerprint density at radius 1 is 1.43 bits per heavy atom. The summed E-state index contributed by atoms with van der Waals surface area (Å²) in [5.41, 5.74) is 1.06. The van der Waals surface area contributed by atoms with Gasteiger partial charge in [-0.15, -0.1) is 0 Å². The zero-order chi connectivity index (χ0) is 15.5. The maximum absolute atomic E-state index is 12.6. The maximum atomic E-state index is 12.6. The van der Waals surface area contributed by atoms with E-state index < -0.39 is 5.60 Å². The molecule has 21 heavy (non-hydrogen) atoms. The Hall–Kier alpha value is -1.55. The molecule has 0 saturated heterocycles. The van der Waals surface area contributed by atoms with Gasteiger partial charge in [0.1, 0.15) is 11.4 Å². The molecule has 1 aliphatic rings. The van der Waals surface area contributed by atoms with Gasteiger partial charge < -0.3 is 14.8 Å². The molecule has 0 heterocycles. The first-order valence-electron chi connectivity index (χ1n) is 7.61. The predicted molar refractivity (Wildman–Crippen MR) is 83.7 cm³/mol. The molecule has 2 rings (SSSR count). The lowest BCUT2D eigenvalue weighted by molar-refractivity contribution is -0.142. The van der Waals surface area contributed by atoms with Crippen molar-refractivity contribution in [1.29, 1.82) is 0 Å². The van der Waals surface area contributed by atoms with E-state index in [1.54, 1.807) is 7.11 Å². The van der Waals surface area contributed by atoms with Gasteiger partial charge in [-0.2, -0.15) is 0 Å². The van der Waals surface area contributed by atoms with Crippen molar-refractivity contribution in [3.63, 3.8) is 0 Å². The van der Waals surface area contributed by atoms with Crippen LogP contribution in [-0.4, -0.2) is 25.2 Å². The third-order valence-corrected chi connectivity index (χ3v) is 4.07. The molecule has 0 aromatic heterocycles. The standard InChI is InChI=1S/C17H25NO3/c1-5-10-21-17(3,13-6-7-13)16(19)18-14-8-9-15(20-4)12(2)11-14/h8-9,11,13H,5-7,10H2,1-4H3,(H,18,19). The van der Waals surface area contributed by atoms with Crippen LogP contribution >= 0.6 is 0 Å². The van der Waals surface area contributed by atoms with E-state index in [9.17, 15) is 4.79 Å². The lowest BCUT2D eigenvalue weighted by Gasteiger charge is -2.28. The van der Waals surface area contributed by atoms with Gasteiger partial charge in [0.25, 0.3) is 5.91 Å². The van der Waals surface area contributed by atoms with Gasteiger partial charge in [0.2, 0.25) is 0 Å². The van der Waals surface area contributed by atoms with Crippen LogP contribution in [0.4, 0.5) is 5.69 Å². The molecule has 1 amide bonds. The highest BCUT2D eigenvalue weighted by Gasteiger charge is 2.48. The number of carbonyl (C=O) groups is 1. The number of benzene rings is 1. The Kier molecular flexibility index (Phi) is 4.88. The number of anilines is 1. The van der Waals surface area contributed by atoms with Crippen molar-refractivity contribution >= 4 is 11.6 Å². The van der Waals surface area contributed by atoms with Gasteiger partial charge in [-0.1, -0.05) is 6.92 Å². The van der Waals surface area contributed by atoms with E-state index in [1.165, 1.54) is 0 Å². The fourth-order valence-corrected chi connectivity index (χ4v) is 2.53. The second-order valence-electron chi connectivity index (χ2n) is 5.87. The van der Waals surface area contributed by atoms with Gasteiger partial charge in [0.15, 0.2) is 0 Å². The number of hydrogen-bond acceptors (Lipinski definition) is 3. The predicted octanol–water partition coefficient (Wildman–Crippen LogP) is 3.54. The summed E-state index contributed by atoms with van der Waals surface area (Å²) >= 11 is 0. The molecule has 0 aliphatic heterocycles. The highest BCUT2D eigenvalue weighted by molar-refractivity contribution is 5.97. The molecule has 4 heteroatoms. The zero-order valence-electron chi connectivity index (χ0n) is 13.4. The van der Waals surface area contributed by atoms with Gasteiger partial charge in [-0.3, -0.25) is 4.79 Å². The Bertz CT molecular complexity index is 511. The third-order valence-electron chi connectivity index (χ3n) is 4.07. The van der Waals surface area contributed by atoms with E-state index >= 15 is 0 Å². The van der Waals surface area contributed by atoms with Gasteiger partial charge in [0.05, 0.1) is 7.11 Å². The molecule has 1 aromatic carbocycles. The smallest absolute Gasteiger partial charge is 0.256 e. The topological polar surface area (TPSA) is 47.6 Å². The molecular weight excluding hydrogens is 266 g/mol. The van der Waals surface area contributed by atoms with Crippen molar-refractivity contribution < 1.29 is 14.3 Å². The first-order chi connectivity index (χ1) is 10.0. The van der Waals surface area contributed by atoms with Crippen LogP contribution in [0.1, 0.15) is 38.7 Å². The molecule has 1 aromatic rings. The highest BCUT2D eigenvalue weighted by atomic mass is 16.5. The van der Waals surface area contributed by atoms with E-state index in [1.807, 2.05) is 32.0 Å². The number of carbonyl (C=O) groups excluding carboxylic acids is 1. The SMILES string of the molecule is CCCOC(C)(C(=O)Nc1ccc(OC)c(C)c1)C1CC1. The Labute approximate surface area is 126 Å². The summed E-state index contributed by atoms with van der Waals surface area (Å²) in [6.07, 6.45) is 3.04. The first-order valence-corrected chi connectivity index (χ1v) is 7.61. The van der Waals surface area contributed by atoms with E-state index in [4.69, 9.17) is 9.47 Å². The Morgan fingerprint density at radius 3 is 2.67 bits per heavy atom. The first kappa shape index (κ1) is 15.8. The largest absolute Gasteiger partial charge is 0.496 e. The molecule has 0 radical (unpaired) electrons. The maximum Gasteiger partial charge on any atom is 0.256 e. The molecule has 0 bridgehead atoms. The Morgan fingerprint density at radius 2 is 2.14 bits per heavy atom. The summed E-state index contributed by atoms with van der Waals surface area (Å²) < 4.78 is 11.1. The Balaban J connectivity index is 2.09. The van der Waals surface area contributed by atoms with Crippen molar-refractivity contribution in [2.45, 2.75) is 45.6 Å². The summed E-state index contributed by atoms with van der Waals surface area (Å²) in [6, 6.07) is 5.65. The molecule has 0 spiro atoms. The fraction of sp³-hybridized carbons (Fsp3) is 0.588. The van der Waals surface area contributed by atoms with Crippen molar-refractivity contribution in [2.75, 3.05) is 19.0 Å². The molecule has 116 valence electrons. The van der Waals surface area contributed by atoms with Crippen LogP contribution in [-0.2, 0) is 9.53 Å². The lowest BCUT2D eigenvalue weighted by Crippen LogP contribution is -2.45. The van der Waals surface area contributed by atoms with Crippen molar-refractivity contribution in [3.05, 3.63) is 23.8 Å². The van der Waals surface area contributed by atoms with Crippen molar-refractivity contribution in [2.24, 2.45) is 5.92 Å². The van der Waals surface area contributed by atoms with Gasteiger partial charge in [-0.05, 0) is 62.8 Å². The van der Waals surface area contributed by atoms with E-state index in [-0.39, 0.29) is 5.91 Å². The second kappa shape index (κ2) is 6.48. The molecule has 1 aliphatic carbocycles. The minimum atomic E-state index is -0.718.